The first-order valence-corrected chi connectivity index (χ1v) is 7.57. The highest BCUT2D eigenvalue weighted by Crippen LogP contribution is 2.11. The lowest BCUT2D eigenvalue weighted by Gasteiger charge is -2.21. The Bertz CT molecular complexity index is 518. The predicted octanol–water partition coefficient (Wildman–Crippen LogP) is -0.183. The van der Waals surface area contributed by atoms with E-state index in [-0.39, 0.29) is 18.4 Å². The van der Waals surface area contributed by atoms with Gasteiger partial charge in [-0.05, 0) is 26.2 Å². The van der Waals surface area contributed by atoms with E-state index in [1.165, 1.54) is 4.90 Å². The number of carbonyl (C=O) groups excluding carboxylic acids is 2. The highest BCUT2D eigenvalue weighted by atomic mass is 16.3. The molecule has 1 aliphatic rings. The van der Waals surface area contributed by atoms with Gasteiger partial charge >= 0.3 is 0 Å². The van der Waals surface area contributed by atoms with Gasteiger partial charge in [-0.1, -0.05) is 0 Å². The van der Waals surface area contributed by atoms with Crippen LogP contribution in [0.25, 0.3) is 0 Å². The quantitative estimate of drug-likeness (QED) is 0.786. The van der Waals surface area contributed by atoms with Gasteiger partial charge in [0.1, 0.15) is 6.10 Å². The molecule has 2 heterocycles. The number of hydrogen-bond donors (Lipinski definition) is 2. The number of aromatic nitrogens is 2. The van der Waals surface area contributed by atoms with E-state index in [0.29, 0.717) is 25.9 Å². The van der Waals surface area contributed by atoms with Crippen LogP contribution in [0.15, 0.2) is 12.4 Å². The van der Waals surface area contributed by atoms with Crippen molar-refractivity contribution in [3.8, 4) is 0 Å². The summed E-state index contributed by atoms with van der Waals surface area (Å²) in [4.78, 5) is 33.6. The third kappa shape index (κ3) is 4.77. The van der Waals surface area contributed by atoms with E-state index in [1.807, 2.05) is 6.92 Å². The molecular formula is C15H22N4O3. The molecule has 7 nitrogen and oxygen atoms in total. The molecule has 0 aliphatic carbocycles. The molecule has 1 unspecified atom stereocenters. The van der Waals surface area contributed by atoms with Crippen LogP contribution in [0.2, 0.25) is 0 Å². The number of rotatable bonds is 5. The van der Waals surface area contributed by atoms with Crippen LogP contribution in [-0.2, 0) is 16.0 Å². The minimum Gasteiger partial charge on any atom is -0.383 e. The molecule has 0 bridgehead atoms. The molecule has 0 spiro atoms. The maximum absolute atomic E-state index is 11.9. The molecular weight excluding hydrogens is 284 g/mol. The average Bonchev–Trinajstić information content (AvgIpc) is 2.65. The second-order valence-corrected chi connectivity index (χ2v) is 5.52. The minimum absolute atomic E-state index is 0.00449. The zero-order valence-electron chi connectivity index (χ0n) is 12.8. The highest BCUT2D eigenvalue weighted by Gasteiger charge is 2.26. The number of nitrogens with one attached hydrogen (secondary N) is 1. The number of nitrogens with zero attached hydrogens (tertiary/aromatic N) is 3. The summed E-state index contributed by atoms with van der Waals surface area (Å²) in [6.07, 6.45) is 5.09. The Balaban J connectivity index is 1.75. The maximum Gasteiger partial charge on any atom is 0.251 e. The summed E-state index contributed by atoms with van der Waals surface area (Å²) < 4.78 is 0. The van der Waals surface area contributed by atoms with Crippen LogP contribution in [0.4, 0.5) is 0 Å². The molecule has 1 aliphatic heterocycles. The summed E-state index contributed by atoms with van der Waals surface area (Å²) in [6, 6.07) is 0. The molecule has 1 saturated heterocycles. The zero-order chi connectivity index (χ0) is 15.9. The summed E-state index contributed by atoms with van der Waals surface area (Å²) in [6.45, 7) is 2.83. The SMILES string of the molecule is Cc1cnc(CCNC(=O)CN2CCCCC(O)C2=O)cn1. The van der Waals surface area contributed by atoms with Gasteiger partial charge < -0.3 is 15.3 Å². The molecule has 0 aromatic carbocycles. The van der Waals surface area contributed by atoms with Crippen LogP contribution >= 0.6 is 0 Å². The van der Waals surface area contributed by atoms with Crippen molar-refractivity contribution in [1.29, 1.82) is 0 Å². The van der Waals surface area contributed by atoms with Gasteiger partial charge in [0.25, 0.3) is 5.91 Å². The molecule has 22 heavy (non-hydrogen) atoms. The van der Waals surface area contributed by atoms with E-state index in [4.69, 9.17) is 0 Å². The van der Waals surface area contributed by atoms with Crippen molar-refractivity contribution in [1.82, 2.24) is 20.2 Å². The first-order valence-electron chi connectivity index (χ1n) is 7.57. The Hall–Kier alpha value is -2.02. The van der Waals surface area contributed by atoms with Crippen molar-refractivity contribution in [2.75, 3.05) is 19.6 Å². The first kappa shape index (κ1) is 16.4. The van der Waals surface area contributed by atoms with Crippen LogP contribution in [0.5, 0.6) is 0 Å². The molecule has 1 atom stereocenters. The van der Waals surface area contributed by atoms with E-state index >= 15 is 0 Å². The monoisotopic (exact) mass is 306 g/mol. The molecule has 2 N–H and O–H groups in total. The Kier molecular flexibility index (Phi) is 5.83. The maximum atomic E-state index is 11.9. The van der Waals surface area contributed by atoms with Gasteiger partial charge in [0.05, 0.1) is 17.9 Å². The fourth-order valence-corrected chi connectivity index (χ4v) is 2.35. The molecule has 0 radical (unpaired) electrons. The van der Waals surface area contributed by atoms with Crippen LogP contribution in [0.1, 0.15) is 30.7 Å². The summed E-state index contributed by atoms with van der Waals surface area (Å²) in [5.41, 5.74) is 1.66. The molecule has 120 valence electrons. The second-order valence-electron chi connectivity index (χ2n) is 5.52. The summed E-state index contributed by atoms with van der Waals surface area (Å²) in [5, 5.41) is 12.4. The van der Waals surface area contributed by atoms with Gasteiger partial charge in [0.2, 0.25) is 5.91 Å². The standard InChI is InChI=1S/C15H22N4O3/c1-11-8-18-12(9-17-11)5-6-16-14(21)10-19-7-3-2-4-13(20)15(19)22/h8-9,13,20H,2-7,10H2,1H3,(H,16,21). The summed E-state index contributed by atoms with van der Waals surface area (Å²) in [5.74, 6) is -0.570. The average molecular weight is 306 g/mol. The molecule has 7 heteroatoms. The third-order valence-corrected chi connectivity index (χ3v) is 3.62. The van der Waals surface area contributed by atoms with Gasteiger partial charge in [0, 0.05) is 31.9 Å². The molecule has 2 rings (SSSR count). The molecule has 1 aromatic rings. The number of amides is 2. The minimum atomic E-state index is -0.974. The van der Waals surface area contributed by atoms with E-state index in [0.717, 1.165) is 24.2 Å². The van der Waals surface area contributed by atoms with Crippen molar-refractivity contribution in [3.05, 3.63) is 23.8 Å². The number of aliphatic hydroxyl groups is 1. The number of aryl methyl sites for hydroxylation is 1. The summed E-state index contributed by atoms with van der Waals surface area (Å²) >= 11 is 0. The zero-order valence-corrected chi connectivity index (χ0v) is 12.8. The molecule has 2 amide bonds. The normalized spacial score (nSPS) is 18.9. The lowest BCUT2D eigenvalue weighted by molar-refractivity contribution is -0.142. The Morgan fingerprint density at radius 3 is 2.95 bits per heavy atom. The van der Waals surface area contributed by atoms with Crippen molar-refractivity contribution in [3.63, 3.8) is 0 Å². The highest BCUT2D eigenvalue weighted by molar-refractivity contribution is 5.87. The van der Waals surface area contributed by atoms with Gasteiger partial charge in [-0.15, -0.1) is 0 Å². The lowest BCUT2D eigenvalue weighted by atomic mass is 10.2. The Labute approximate surface area is 129 Å². The first-order chi connectivity index (χ1) is 10.6. The van der Waals surface area contributed by atoms with E-state index in [9.17, 15) is 14.7 Å². The Morgan fingerprint density at radius 2 is 2.23 bits per heavy atom. The van der Waals surface area contributed by atoms with Crippen LogP contribution in [-0.4, -0.2) is 57.5 Å². The van der Waals surface area contributed by atoms with Crippen molar-refractivity contribution >= 4 is 11.8 Å². The van der Waals surface area contributed by atoms with Crippen LogP contribution in [0.3, 0.4) is 0 Å². The number of carbonyl (C=O) groups is 2. The molecule has 0 saturated carbocycles. The summed E-state index contributed by atoms with van der Waals surface area (Å²) in [7, 11) is 0. The molecule has 1 fully saturated rings. The Morgan fingerprint density at radius 1 is 1.41 bits per heavy atom. The topological polar surface area (TPSA) is 95.4 Å². The van der Waals surface area contributed by atoms with E-state index in [1.54, 1.807) is 12.4 Å². The van der Waals surface area contributed by atoms with E-state index in [2.05, 4.69) is 15.3 Å². The van der Waals surface area contributed by atoms with Gasteiger partial charge in [-0.3, -0.25) is 19.6 Å². The molecule has 1 aromatic heterocycles. The number of aliphatic hydroxyl groups excluding tert-OH is 1. The van der Waals surface area contributed by atoms with E-state index < -0.39 is 6.10 Å². The van der Waals surface area contributed by atoms with Crippen molar-refractivity contribution < 1.29 is 14.7 Å². The lowest BCUT2D eigenvalue weighted by Crippen LogP contribution is -2.44. The fourth-order valence-electron chi connectivity index (χ4n) is 2.35. The third-order valence-electron chi connectivity index (χ3n) is 3.62. The van der Waals surface area contributed by atoms with Crippen LogP contribution in [0, 0.1) is 6.92 Å². The van der Waals surface area contributed by atoms with Gasteiger partial charge in [0.15, 0.2) is 0 Å². The van der Waals surface area contributed by atoms with Crippen LogP contribution < -0.4 is 5.32 Å². The fraction of sp³-hybridized carbons (Fsp3) is 0.600. The largest absolute Gasteiger partial charge is 0.383 e. The van der Waals surface area contributed by atoms with Crippen molar-refractivity contribution in [2.45, 2.75) is 38.7 Å². The smallest absolute Gasteiger partial charge is 0.251 e. The number of likely N-dealkylation sites (tertiary alicyclic amines) is 1. The second kappa shape index (κ2) is 7.84. The number of hydrogen-bond acceptors (Lipinski definition) is 5. The van der Waals surface area contributed by atoms with Gasteiger partial charge in [-0.25, -0.2) is 0 Å². The van der Waals surface area contributed by atoms with Gasteiger partial charge in [-0.2, -0.15) is 0 Å². The van der Waals surface area contributed by atoms with Crippen molar-refractivity contribution in [2.24, 2.45) is 0 Å². The predicted molar refractivity (Wildman–Crippen MR) is 79.9 cm³/mol.